The molecule has 4 rings (SSSR count). The first-order valence-electron chi connectivity index (χ1n) is 12.2. The topological polar surface area (TPSA) is 66.5 Å². The smallest absolute Gasteiger partial charge is 0.407 e. The SMILES string of the molecule is Cc1ccc2c(c1)Cc1cc(Cc3ccsc3)nc(NCCN(C)CCNC(=O)OC(C)(C)C)c1-2. The van der Waals surface area contributed by atoms with Crippen LogP contribution in [0, 0.1) is 6.92 Å². The number of fused-ring (bicyclic) bond motifs is 3. The monoisotopic (exact) mass is 492 g/mol. The predicted octanol–water partition coefficient (Wildman–Crippen LogP) is 5.48. The minimum Gasteiger partial charge on any atom is -0.444 e. The zero-order valence-corrected chi connectivity index (χ0v) is 22.2. The summed E-state index contributed by atoms with van der Waals surface area (Å²) >= 11 is 1.72. The molecule has 35 heavy (non-hydrogen) atoms. The number of ether oxygens (including phenoxy) is 1. The normalized spacial score (nSPS) is 12.4. The van der Waals surface area contributed by atoms with E-state index in [4.69, 9.17) is 9.72 Å². The Balaban J connectivity index is 1.40. The van der Waals surface area contributed by atoms with Gasteiger partial charge in [0, 0.05) is 43.9 Å². The number of nitrogens with zero attached hydrogens (tertiary/aromatic N) is 2. The highest BCUT2D eigenvalue weighted by Crippen LogP contribution is 2.41. The van der Waals surface area contributed by atoms with Gasteiger partial charge in [-0.1, -0.05) is 23.8 Å². The molecule has 6 nitrogen and oxygen atoms in total. The number of rotatable bonds is 9. The van der Waals surface area contributed by atoms with Crippen LogP contribution in [0.4, 0.5) is 10.6 Å². The number of pyridine rings is 1. The third-order valence-electron chi connectivity index (χ3n) is 5.98. The maximum Gasteiger partial charge on any atom is 0.407 e. The molecule has 2 heterocycles. The molecular formula is C28H36N4O2S. The van der Waals surface area contributed by atoms with Crippen molar-refractivity contribution in [2.24, 2.45) is 0 Å². The van der Waals surface area contributed by atoms with Crippen LogP contribution in [0.25, 0.3) is 11.1 Å². The summed E-state index contributed by atoms with van der Waals surface area (Å²) in [4.78, 5) is 19.1. The van der Waals surface area contributed by atoms with Crippen LogP contribution < -0.4 is 10.6 Å². The van der Waals surface area contributed by atoms with Crippen LogP contribution in [-0.2, 0) is 17.6 Å². The lowest BCUT2D eigenvalue weighted by Crippen LogP contribution is -2.38. The minimum atomic E-state index is -0.484. The first-order chi connectivity index (χ1) is 16.7. The Labute approximate surface area is 212 Å². The molecule has 2 N–H and O–H groups in total. The summed E-state index contributed by atoms with van der Waals surface area (Å²) < 4.78 is 5.30. The van der Waals surface area contributed by atoms with Crippen LogP contribution in [0.1, 0.15) is 48.7 Å². The van der Waals surface area contributed by atoms with E-state index in [1.807, 2.05) is 20.8 Å². The van der Waals surface area contributed by atoms with Crippen molar-refractivity contribution < 1.29 is 9.53 Å². The van der Waals surface area contributed by atoms with E-state index in [1.165, 1.54) is 33.4 Å². The predicted molar refractivity (Wildman–Crippen MR) is 145 cm³/mol. The Morgan fingerprint density at radius 2 is 1.94 bits per heavy atom. The van der Waals surface area contributed by atoms with E-state index in [-0.39, 0.29) is 6.09 Å². The third kappa shape index (κ3) is 6.83. The van der Waals surface area contributed by atoms with Crippen LogP contribution in [0.2, 0.25) is 0 Å². The maximum absolute atomic E-state index is 11.8. The summed E-state index contributed by atoms with van der Waals surface area (Å²) in [6.07, 6.45) is 1.42. The fourth-order valence-corrected chi connectivity index (χ4v) is 5.04. The van der Waals surface area contributed by atoms with Crippen molar-refractivity contribution in [3.63, 3.8) is 0 Å². The standard InChI is InChI=1S/C28H36N4O2S/c1-19-6-7-24-21(14-19)16-22-17-23(15-20-8-13-35-18-20)31-26(25(22)24)29-9-11-32(5)12-10-30-27(33)34-28(2,3)4/h6-8,13-14,17-18H,9-12,15-16H2,1-5H3,(H,29,31)(H,30,33). The Bertz CT molecular complexity index is 1170. The molecule has 0 spiro atoms. The lowest BCUT2D eigenvalue weighted by atomic mass is 10.0. The number of carbonyl (C=O) groups excluding carboxylic acids is 1. The summed E-state index contributed by atoms with van der Waals surface area (Å²) in [6, 6.07) is 11.2. The average Bonchev–Trinajstić information content (AvgIpc) is 3.39. The Morgan fingerprint density at radius 1 is 1.14 bits per heavy atom. The van der Waals surface area contributed by atoms with Gasteiger partial charge in [0.15, 0.2) is 0 Å². The fraction of sp³-hybridized carbons (Fsp3) is 0.429. The van der Waals surface area contributed by atoms with E-state index in [0.717, 1.165) is 44.0 Å². The number of nitrogens with one attached hydrogen (secondary N) is 2. The minimum absolute atomic E-state index is 0.375. The first-order valence-corrected chi connectivity index (χ1v) is 13.2. The molecule has 1 amide bonds. The highest BCUT2D eigenvalue weighted by molar-refractivity contribution is 7.07. The highest BCUT2D eigenvalue weighted by atomic mass is 32.1. The summed E-state index contributed by atoms with van der Waals surface area (Å²) in [5.74, 6) is 0.968. The van der Waals surface area contributed by atoms with Crippen LogP contribution in [0.5, 0.6) is 0 Å². The van der Waals surface area contributed by atoms with Gasteiger partial charge < -0.3 is 20.3 Å². The highest BCUT2D eigenvalue weighted by Gasteiger charge is 2.24. The van der Waals surface area contributed by atoms with Gasteiger partial charge in [0.2, 0.25) is 0 Å². The molecule has 0 unspecified atom stereocenters. The quantitative estimate of drug-likeness (QED) is 0.324. The lowest BCUT2D eigenvalue weighted by Gasteiger charge is -2.21. The number of benzene rings is 1. The van der Waals surface area contributed by atoms with Gasteiger partial charge >= 0.3 is 6.09 Å². The molecule has 0 bridgehead atoms. The molecule has 0 saturated carbocycles. The fourth-order valence-electron chi connectivity index (χ4n) is 4.38. The number of anilines is 1. The molecule has 186 valence electrons. The van der Waals surface area contributed by atoms with Gasteiger partial charge in [-0.05, 0) is 86.3 Å². The number of hydrogen-bond acceptors (Lipinski definition) is 6. The largest absolute Gasteiger partial charge is 0.444 e. The number of alkyl carbamates (subject to hydrolysis) is 1. The molecule has 0 aliphatic heterocycles. The number of amides is 1. The van der Waals surface area contributed by atoms with Gasteiger partial charge in [-0.25, -0.2) is 9.78 Å². The number of aromatic nitrogens is 1. The molecule has 1 aliphatic rings. The van der Waals surface area contributed by atoms with Crippen LogP contribution in [0.3, 0.4) is 0 Å². The van der Waals surface area contributed by atoms with Crippen LogP contribution >= 0.6 is 11.3 Å². The molecule has 7 heteroatoms. The van der Waals surface area contributed by atoms with Gasteiger partial charge in [-0.2, -0.15) is 11.3 Å². The molecule has 0 saturated heterocycles. The van der Waals surface area contributed by atoms with Crippen LogP contribution in [-0.4, -0.2) is 54.8 Å². The Kier molecular flexibility index (Phi) is 7.77. The second-order valence-electron chi connectivity index (χ2n) is 10.3. The van der Waals surface area contributed by atoms with Gasteiger partial charge in [0.1, 0.15) is 11.4 Å². The van der Waals surface area contributed by atoms with E-state index in [0.29, 0.717) is 6.54 Å². The molecule has 0 atom stereocenters. The second-order valence-corrected chi connectivity index (χ2v) is 11.1. The van der Waals surface area contributed by atoms with Gasteiger partial charge in [-0.3, -0.25) is 0 Å². The lowest BCUT2D eigenvalue weighted by molar-refractivity contribution is 0.0524. The van der Waals surface area contributed by atoms with Crippen LogP contribution in [0.15, 0.2) is 41.1 Å². The molecule has 3 aromatic rings. The van der Waals surface area contributed by atoms with Crippen molar-refractivity contribution in [2.75, 3.05) is 38.5 Å². The van der Waals surface area contributed by atoms with E-state index < -0.39 is 5.60 Å². The van der Waals surface area contributed by atoms with E-state index >= 15 is 0 Å². The van der Waals surface area contributed by atoms with E-state index in [1.54, 1.807) is 11.3 Å². The Morgan fingerprint density at radius 3 is 2.69 bits per heavy atom. The van der Waals surface area contributed by atoms with Crippen molar-refractivity contribution in [2.45, 2.75) is 46.1 Å². The number of aryl methyl sites for hydroxylation is 1. The van der Waals surface area contributed by atoms with E-state index in [9.17, 15) is 4.79 Å². The van der Waals surface area contributed by atoms with Gasteiger partial charge in [0.25, 0.3) is 0 Å². The first kappa shape index (κ1) is 25.2. The van der Waals surface area contributed by atoms with Crippen molar-refractivity contribution in [1.82, 2.24) is 15.2 Å². The van der Waals surface area contributed by atoms with Crippen molar-refractivity contribution in [3.8, 4) is 11.1 Å². The zero-order valence-electron chi connectivity index (χ0n) is 21.4. The van der Waals surface area contributed by atoms with Crippen molar-refractivity contribution in [3.05, 3.63) is 69.0 Å². The molecular weight excluding hydrogens is 456 g/mol. The third-order valence-corrected chi connectivity index (χ3v) is 6.71. The molecule has 1 aromatic carbocycles. The Hall–Kier alpha value is -2.90. The summed E-state index contributed by atoms with van der Waals surface area (Å²) in [5, 5.41) is 10.8. The molecule has 2 aromatic heterocycles. The molecule has 1 aliphatic carbocycles. The van der Waals surface area contributed by atoms with E-state index in [2.05, 4.69) is 70.6 Å². The van der Waals surface area contributed by atoms with Gasteiger partial charge in [0.05, 0.1) is 0 Å². The number of hydrogen-bond donors (Lipinski definition) is 2. The summed E-state index contributed by atoms with van der Waals surface area (Å²) in [5.41, 5.74) is 8.47. The van der Waals surface area contributed by atoms with Crippen molar-refractivity contribution in [1.29, 1.82) is 0 Å². The number of carbonyl (C=O) groups is 1. The number of likely N-dealkylation sites (N-methyl/N-ethyl adjacent to an activating group) is 1. The second kappa shape index (κ2) is 10.8. The summed E-state index contributed by atoms with van der Waals surface area (Å²) in [6.45, 7) is 10.6. The average molecular weight is 493 g/mol. The molecule has 0 fully saturated rings. The van der Waals surface area contributed by atoms with Crippen molar-refractivity contribution >= 4 is 23.2 Å². The zero-order chi connectivity index (χ0) is 25.0. The van der Waals surface area contributed by atoms with Gasteiger partial charge in [-0.15, -0.1) is 0 Å². The maximum atomic E-state index is 11.8. The summed E-state index contributed by atoms with van der Waals surface area (Å²) in [7, 11) is 2.06. The molecule has 0 radical (unpaired) electrons. The number of thiophene rings is 1.